The van der Waals surface area contributed by atoms with Crippen molar-refractivity contribution in [2.75, 3.05) is 18.9 Å². The fraction of sp³-hybridized carbons (Fsp3) is 0.500. The van der Waals surface area contributed by atoms with Crippen LogP contribution in [-0.2, 0) is 23.1 Å². The van der Waals surface area contributed by atoms with Crippen molar-refractivity contribution in [1.82, 2.24) is 19.5 Å². The van der Waals surface area contributed by atoms with Gasteiger partial charge in [-0.1, -0.05) is 0 Å². The molecular weight excluding hydrogens is 389 g/mol. The SMILES string of the molecule is Nc1ncnc2c1ncn2[C@@H]1O[C@H](COP(=O)(O)OC(=O)CO)[C@@H](O)[C@H]1O. The van der Waals surface area contributed by atoms with Crippen molar-refractivity contribution in [3.05, 3.63) is 12.7 Å². The molecule has 3 heterocycles. The molecule has 3 rings (SSSR count). The maximum atomic E-state index is 11.6. The highest BCUT2D eigenvalue weighted by Gasteiger charge is 2.45. The van der Waals surface area contributed by atoms with E-state index in [1.807, 2.05) is 0 Å². The van der Waals surface area contributed by atoms with Crippen LogP contribution >= 0.6 is 7.82 Å². The number of aliphatic hydroxyl groups is 3. The molecule has 0 aliphatic carbocycles. The lowest BCUT2D eigenvalue weighted by Gasteiger charge is -2.17. The van der Waals surface area contributed by atoms with Gasteiger partial charge in [0.15, 0.2) is 17.7 Å². The number of hydrogen-bond donors (Lipinski definition) is 5. The van der Waals surface area contributed by atoms with E-state index in [2.05, 4.69) is 24.0 Å². The van der Waals surface area contributed by atoms with Gasteiger partial charge in [-0.3, -0.25) is 14.0 Å². The zero-order valence-electron chi connectivity index (χ0n) is 13.5. The Morgan fingerprint density at radius 3 is 2.78 bits per heavy atom. The highest BCUT2D eigenvalue weighted by Crippen LogP contribution is 2.44. The zero-order valence-corrected chi connectivity index (χ0v) is 14.4. The van der Waals surface area contributed by atoms with Crippen molar-refractivity contribution in [1.29, 1.82) is 0 Å². The van der Waals surface area contributed by atoms with Crippen LogP contribution in [0.4, 0.5) is 5.82 Å². The third kappa shape index (κ3) is 3.91. The summed E-state index contributed by atoms with van der Waals surface area (Å²) in [5.74, 6) is -1.26. The largest absolute Gasteiger partial charge is 0.529 e. The first-order valence-electron chi connectivity index (χ1n) is 7.48. The normalized spacial score (nSPS) is 27.6. The highest BCUT2D eigenvalue weighted by atomic mass is 31.2. The van der Waals surface area contributed by atoms with Gasteiger partial charge in [0.2, 0.25) is 0 Å². The number of ether oxygens (including phenoxy) is 1. The van der Waals surface area contributed by atoms with Crippen molar-refractivity contribution in [3.63, 3.8) is 0 Å². The number of nitrogens with zero attached hydrogens (tertiary/aromatic N) is 4. The molecule has 1 saturated heterocycles. The van der Waals surface area contributed by atoms with Crippen LogP contribution in [0.3, 0.4) is 0 Å². The van der Waals surface area contributed by atoms with Crippen LogP contribution in [0.15, 0.2) is 12.7 Å². The molecule has 1 aliphatic heterocycles. The maximum absolute atomic E-state index is 11.6. The number of imidazole rings is 1. The number of aliphatic hydroxyl groups excluding tert-OH is 3. The van der Waals surface area contributed by atoms with Gasteiger partial charge in [-0.05, 0) is 0 Å². The van der Waals surface area contributed by atoms with E-state index < -0.39 is 51.5 Å². The molecule has 148 valence electrons. The number of aromatic nitrogens is 4. The first kappa shape index (κ1) is 19.6. The number of anilines is 1. The molecule has 0 spiro atoms. The zero-order chi connectivity index (χ0) is 19.8. The standard InChI is InChI=1S/C12H16N5O9P/c13-10-7-11(15-3-14-10)17(4-16-7)12-9(21)8(20)5(25-12)2-24-27(22,23)26-6(19)1-18/h3-5,8-9,12,18,20-21H,1-2H2,(H,22,23)(H2,13,14,15)/t5-,8-,9-,12-/m1/s1. The summed E-state index contributed by atoms with van der Waals surface area (Å²) in [6.45, 7) is -1.80. The second kappa shape index (κ2) is 7.44. The van der Waals surface area contributed by atoms with E-state index in [1.54, 1.807) is 0 Å². The molecule has 6 N–H and O–H groups in total. The van der Waals surface area contributed by atoms with Crippen LogP contribution in [0, 0.1) is 0 Å². The van der Waals surface area contributed by atoms with Gasteiger partial charge in [0, 0.05) is 0 Å². The van der Waals surface area contributed by atoms with Gasteiger partial charge in [0.1, 0.15) is 36.8 Å². The number of carbonyl (C=O) groups excluding carboxylic acids is 1. The molecule has 27 heavy (non-hydrogen) atoms. The predicted octanol–water partition coefficient (Wildman–Crippen LogP) is -2.32. The average Bonchev–Trinajstić information content (AvgIpc) is 3.16. The van der Waals surface area contributed by atoms with Gasteiger partial charge in [0.25, 0.3) is 0 Å². The van der Waals surface area contributed by atoms with E-state index >= 15 is 0 Å². The smallest absolute Gasteiger partial charge is 0.387 e. The number of carbonyl (C=O) groups is 1. The summed E-state index contributed by atoms with van der Waals surface area (Å²) in [5.41, 5.74) is 6.19. The minimum absolute atomic E-state index is 0.110. The molecule has 1 aliphatic rings. The molecule has 1 unspecified atom stereocenters. The molecule has 0 amide bonds. The van der Waals surface area contributed by atoms with Gasteiger partial charge in [-0.25, -0.2) is 24.3 Å². The van der Waals surface area contributed by atoms with E-state index in [0.717, 1.165) is 0 Å². The van der Waals surface area contributed by atoms with Crippen LogP contribution in [0.5, 0.6) is 0 Å². The molecule has 0 bridgehead atoms. The Kier molecular flexibility index (Phi) is 5.39. The topological polar surface area (TPSA) is 212 Å². The summed E-state index contributed by atoms with van der Waals surface area (Å²) in [4.78, 5) is 32.0. The van der Waals surface area contributed by atoms with Gasteiger partial charge < -0.3 is 30.3 Å². The van der Waals surface area contributed by atoms with Crippen LogP contribution in [0.1, 0.15) is 6.23 Å². The highest BCUT2D eigenvalue weighted by molar-refractivity contribution is 7.48. The molecule has 0 aromatic carbocycles. The van der Waals surface area contributed by atoms with Crippen LogP contribution in [0.25, 0.3) is 11.2 Å². The summed E-state index contributed by atoms with van der Waals surface area (Å²) in [5, 5.41) is 28.9. The Morgan fingerprint density at radius 2 is 2.07 bits per heavy atom. The number of phosphoric acid groups is 1. The summed E-state index contributed by atoms with van der Waals surface area (Å²) in [7, 11) is -4.83. The molecular formula is C12H16N5O9P. The average molecular weight is 405 g/mol. The molecule has 15 heteroatoms. The first-order valence-corrected chi connectivity index (χ1v) is 8.98. The van der Waals surface area contributed by atoms with E-state index in [0.29, 0.717) is 0 Å². The summed E-state index contributed by atoms with van der Waals surface area (Å²) >= 11 is 0. The molecule has 2 aromatic rings. The second-order valence-corrected chi connectivity index (χ2v) is 6.89. The van der Waals surface area contributed by atoms with Gasteiger partial charge in [-0.2, -0.15) is 0 Å². The minimum Gasteiger partial charge on any atom is -0.387 e. The Bertz CT molecular complexity index is 891. The molecule has 0 radical (unpaired) electrons. The van der Waals surface area contributed by atoms with E-state index in [4.69, 9.17) is 15.6 Å². The van der Waals surface area contributed by atoms with Crippen molar-refractivity contribution >= 4 is 30.8 Å². The third-order valence-corrected chi connectivity index (χ3v) is 4.66. The van der Waals surface area contributed by atoms with Crippen molar-refractivity contribution < 1.29 is 43.4 Å². The Balaban J connectivity index is 1.73. The summed E-state index contributed by atoms with van der Waals surface area (Å²) in [6, 6.07) is 0. The lowest BCUT2D eigenvalue weighted by molar-refractivity contribution is -0.139. The number of fused-ring (bicyclic) bond motifs is 1. The van der Waals surface area contributed by atoms with Gasteiger partial charge in [0.05, 0.1) is 12.9 Å². The Labute approximate surface area is 150 Å². The van der Waals surface area contributed by atoms with Crippen molar-refractivity contribution in [2.45, 2.75) is 24.5 Å². The second-order valence-electron chi connectivity index (χ2n) is 5.51. The Morgan fingerprint density at radius 1 is 1.33 bits per heavy atom. The molecule has 14 nitrogen and oxygen atoms in total. The lowest BCUT2D eigenvalue weighted by Crippen LogP contribution is -2.33. The monoisotopic (exact) mass is 405 g/mol. The maximum Gasteiger partial charge on any atom is 0.529 e. The molecule has 5 atom stereocenters. The summed E-state index contributed by atoms with van der Waals surface area (Å²) in [6.07, 6.45) is -2.88. The fourth-order valence-electron chi connectivity index (χ4n) is 2.50. The van der Waals surface area contributed by atoms with Crippen molar-refractivity contribution in [3.8, 4) is 0 Å². The van der Waals surface area contributed by atoms with Crippen LogP contribution in [0.2, 0.25) is 0 Å². The van der Waals surface area contributed by atoms with Gasteiger partial charge in [-0.15, -0.1) is 0 Å². The van der Waals surface area contributed by atoms with Crippen LogP contribution < -0.4 is 5.73 Å². The third-order valence-electron chi connectivity index (χ3n) is 3.75. The quantitative estimate of drug-likeness (QED) is 0.320. The van der Waals surface area contributed by atoms with E-state index in [1.165, 1.54) is 17.2 Å². The van der Waals surface area contributed by atoms with Gasteiger partial charge >= 0.3 is 13.8 Å². The molecule has 0 saturated carbocycles. The fourth-order valence-corrected chi connectivity index (χ4v) is 3.21. The van der Waals surface area contributed by atoms with E-state index in [9.17, 15) is 24.5 Å². The predicted molar refractivity (Wildman–Crippen MR) is 84.6 cm³/mol. The number of rotatable bonds is 6. The molecule has 2 aromatic heterocycles. The number of nitrogens with two attached hydrogens (primary N) is 1. The summed E-state index contributed by atoms with van der Waals surface area (Å²) < 4.78 is 27.0. The lowest BCUT2D eigenvalue weighted by atomic mass is 10.1. The number of phosphoric ester groups is 1. The number of hydrogen-bond acceptors (Lipinski definition) is 12. The first-order chi connectivity index (χ1) is 12.7. The van der Waals surface area contributed by atoms with Crippen molar-refractivity contribution in [2.24, 2.45) is 0 Å². The molecule has 1 fully saturated rings. The van der Waals surface area contributed by atoms with Crippen LogP contribution in [-0.4, -0.2) is 77.2 Å². The van der Waals surface area contributed by atoms with E-state index in [-0.39, 0.29) is 17.0 Å². The number of nitrogen functional groups attached to an aromatic ring is 1. The Hall–Kier alpha value is -2.19. The minimum atomic E-state index is -4.83.